The summed E-state index contributed by atoms with van der Waals surface area (Å²) in [5, 5.41) is 6.72. The first-order chi connectivity index (χ1) is 12.6. The van der Waals surface area contributed by atoms with E-state index in [2.05, 4.69) is 29.7 Å². The average molecular weight is 367 g/mol. The zero-order valence-corrected chi connectivity index (χ0v) is 15.4. The van der Waals surface area contributed by atoms with Crippen LogP contribution in [-0.2, 0) is 16.0 Å². The normalized spacial score (nSPS) is 14.3. The van der Waals surface area contributed by atoms with Gasteiger partial charge in [0, 0.05) is 24.2 Å². The maximum atomic E-state index is 12.0. The van der Waals surface area contributed by atoms with Crippen LogP contribution in [0.5, 0.6) is 0 Å². The summed E-state index contributed by atoms with van der Waals surface area (Å²) >= 11 is 5.33. The highest BCUT2D eigenvalue weighted by Gasteiger charge is 2.27. The van der Waals surface area contributed by atoms with Gasteiger partial charge >= 0.3 is 0 Å². The van der Waals surface area contributed by atoms with Crippen molar-refractivity contribution in [3.05, 3.63) is 54.1 Å². The van der Waals surface area contributed by atoms with Crippen LogP contribution in [0.4, 0.5) is 17.1 Å². The van der Waals surface area contributed by atoms with Crippen molar-refractivity contribution < 1.29 is 9.59 Å². The van der Waals surface area contributed by atoms with E-state index in [4.69, 9.17) is 12.2 Å². The predicted octanol–water partition coefficient (Wildman–Crippen LogP) is 4.10. The standard InChI is InChI=1S/C20H21N3O2S/c1-2-14-6-8-15(9-7-14)21-20(26)22-16-10-12-17(13-11-16)23-18(24)4-3-5-19(23)25/h6-13H,2-5H2,1H3,(H2,21,22,26). The number of rotatable bonds is 4. The van der Waals surface area contributed by atoms with Crippen molar-refractivity contribution in [1.29, 1.82) is 0 Å². The first-order valence-electron chi connectivity index (χ1n) is 8.69. The van der Waals surface area contributed by atoms with Crippen LogP contribution < -0.4 is 15.5 Å². The average Bonchev–Trinajstić information content (AvgIpc) is 2.63. The Bertz CT molecular complexity index is 800. The lowest BCUT2D eigenvalue weighted by molar-refractivity contribution is -0.129. The Kier molecular flexibility index (Phi) is 5.63. The van der Waals surface area contributed by atoms with Gasteiger partial charge in [0.1, 0.15) is 0 Å². The van der Waals surface area contributed by atoms with Crippen molar-refractivity contribution in [2.24, 2.45) is 0 Å². The lowest BCUT2D eigenvalue weighted by atomic mass is 10.1. The second-order valence-electron chi connectivity index (χ2n) is 6.15. The number of carbonyl (C=O) groups is 2. The Hall–Kier alpha value is -2.73. The van der Waals surface area contributed by atoms with Crippen molar-refractivity contribution in [2.75, 3.05) is 15.5 Å². The molecule has 3 rings (SSSR count). The summed E-state index contributed by atoms with van der Waals surface area (Å²) in [5.41, 5.74) is 3.57. The zero-order valence-electron chi connectivity index (χ0n) is 14.6. The van der Waals surface area contributed by atoms with Crippen LogP contribution in [0.25, 0.3) is 0 Å². The second kappa shape index (κ2) is 8.10. The Balaban J connectivity index is 1.62. The van der Waals surface area contributed by atoms with Crippen molar-refractivity contribution >= 4 is 46.2 Å². The Morgan fingerprint density at radius 2 is 1.42 bits per heavy atom. The predicted molar refractivity (Wildman–Crippen MR) is 108 cm³/mol. The number of nitrogens with zero attached hydrogens (tertiary/aromatic N) is 1. The highest BCUT2D eigenvalue weighted by atomic mass is 32.1. The van der Waals surface area contributed by atoms with Crippen LogP contribution in [0.15, 0.2) is 48.5 Å². The molecular formula is C20H21N3O2S. The van der Waals surface area contributed by atoms with Gasteiger partial charge in [-0.2, -0.15) is 0 Å². The van der Waals surface area contributed by atoms with E-state index in [1.165, 1.54) is 10.5 Å². The molecule has 1 fully saturated rings. The van der Waals surface area contributed by atoms with Crippen LogP contribution in [0.1, 0.15) is 31.7 Å². The van der Waals surface area contributed by atoms with E-state index in [1.807, 2.05) is 12.1 Å². The number of aryl methyl sites for hydroxylation is 1. The van der Waals surface area contributed by atoms with E-state index in [0.717, 1.165) is 17.8 Å². The lowest BCUT2D eigenvalue weighted by Crippen LogP contribution is -2.40. The Morgan fingerprint density at radius 1 is 0.923 bits per heavy atom. The van der Waals surface area contributed by atoms with Crippen molar-refractivity contribution in [1.82, 2.24) is 0 Å². The van der Waals surface area contributed by atoms with Gasteiger partial charge in [-0.3, -0.25) is 14.5 Å². The largest absolute Gasteiger partial charge is 0.332 e. The Labute approximate surface area is 158 Å². The number of hydrogen-bond acceptors (Lipinski definition) is 3. The number of anilines is 3. The molecule has 0 spiro atoms. The fraction of sp³-hybridized carbons (Fsp3) is 0.250. The molecular weight excluding hydrogens is 346 g/mol. The maximum Gasteiger partial charge on any atom is 0.233 e. The molecule has 0 aliphatic carbocycles. The molecule has 26 heavy (non-hydrogen) atoms. The molecule has 0 atom stereocenters. The van der Waals surface area contributed by atoms with E-state index in [1.54, 1.807) is 24.3 Å². The van der Waals surface area contributed by atoms with Crippen molar-refractivity contribution in [2.45, 2.75) is 32.6 Å². The van der Waals surface area contributed by atoms with Gasteiger partial charge in [0.15, 0.2) is 5.11 Å². The van der Waals surface area contributed by atoms with Gasteiger partial charge in [-0.25, -0.2) is 0 Å². The van der Waals surface area contributed by atoms with E-state index < -0.39 is 0 Å². The highest BCUT2D eigenvalue weighted by molar-refractivity contribution is 7.80. The minimum atomic E-state index is -0.144. The van der Waals surface area contributed by atoms with Crippen LogP contribution in [0.3, 0.4) is 0 Å². The van der Waals surface area contributed by atoms with Gasteiger partial charge in [0.25, 0.3) is 0 Å². The molecule has 2 aromatic carbocycles. The molecule has 2 aromatic rings. The van der Waals surface area contributed by atoms with Crippen molar-refractivity contribution in [3.8, 4) is 0 Å². The highest BCUT2D eigenvalue weighted by Crippen LogP contribution is 2.23. The third-order valence-corrected chi connectivity index (χ3v) is 4.49. The van der Waals surface area contributed by atoms with E-state index in [0.29, 0.717) is 30.1 Å². The van der Waals surface area contributed by atoms with Crippen LogP contribution in [-0.4, -0.2) is 16.9 Å². The molecule has 0 aromatic heterocycles. The quantitative estimate of drug-likeness (QED) is 0.629. The number of imide groups is 1. The minimum Gasteiger partial charge on any atom is -0.332 e. The number of carbonyl (C=O) groups excluding carboxylic acids is 2. The summed E-state index contributed by atoms with van der Waals surface area (Å²) in [6.45, 7) is 2.11. The number of hydrogen-bond donors (Lipinski definition) is 2. The third kappa shape index (κ3) is 4.26. The third-order valence-electron chi connectivity index (χ3n) is 4.28. The zero-order chi connectivity index (χ0) is 18.5. The molecule has 0 radical (unpaired) electrons. The van der Waals surface area contributed by atoms with Crippen molar-refractivity contribution in [3.63, 3.8) is 0 Å². The molecule has 134 valence electrons. The molecule has 2 N–H and O–H groups in total. The van der Waals surface area contributed by atoms with Gasteiger partial charge in [0.2, 0.25) is 11.8 Å². The van der Waals surface area contributed by atoms with Gasteiger partial charge in [-0.05, 0) is 67.0 Å². The monoisotopic (exact) mass is 367 g/mol. The first kappa shape index (κ1) is 18.1. The number of thiocarbonyl (C=S) groups is 1. The molecule has 6 heteroatoms. The molecule has 1 heterocycles. The van der Waals surface area contributed by atoms with Crippen LogP contribution >= 0.6 is 12.2 Å². The number of piperidine rings is 1. The SMILES string of the molecule is CCc1ccc(NC(=S)Nc2ccc(N3C(=O)CCCC3=O)cc2)cc1. The summed E-state index contributed by atoms with van der Waals surface area (Å²) in [7, 11) is 0. The molecule has 0 unspecified atom stereocenters. The number of amides is 2. The second-order valence-corrected chi connectivity index (χ2v) is 6.56. The summed E-state index contributed by atoms with van der Waals surface area (Å²) < 4.78 is 0. The number of benzene rings is 2. The molecule has 5 nitrogen and oxygen atoms in total. The summed E-state index contributed by atoms with van der Waals surface area (Å²) in [6, 6.07) is 15.2. The lowest BCUT2D eigenvalue weighted by Gasteiger charge is -2.25. The molecule has 1 aliphatic heterocycles. The van der Waals surface area contributed by atoms with E-state index in [-0.39, 0.29) is 11.8 Å². The molecule has 2 amide bonds. The van der Waals surface area contributed by atoms with Gasteiger partial charge in [-0.15, -0.1) is 0 Å². The molecule has 0 saturated carbocycles. The summed E-state index contributed by atoms with van der Waals surface area (Å²) in [4.78, 5) is 25.2. The molecule has 1 aliphatic rings. The fourth-order valence-electron chi connectivity index (χ4n) is 2.85. The first-order valence-corrected chi connectivity index (χ1v) is 9.10. The summed E-state index contributed by atoms with van der Waals surface area (Å²) in [6.07, 6.45) is 2.46. The summed E-state index contributed by atoms with van der Waals surface area (Å²) in [5.74, 6) is -0.288. The van der Waals surface area contributed by atoms with E-state index >= 15 is 0 Å². The number of nitrogens with one attached hydrogen (secondary N) is 2. The van der Waals surface area contributed by atoms with Gasteiger partial charge in [0.05, 0.1) is 5.69 Å². The van der Waals surface area contributed by atoms with Crippen LogP contribution in [0.2, 0.25) is 0 Å². The van der Waals surface area contributed by atoms with Crippen LogP contribution in [0, 0.1) is 0 Å². The van der Waals surface area contributed by atoms with E-state index in [9.17, 15) is 9.59 Å². The Morgan fingerprint density at radius 3 is 1.92 bits per heavy atom. The minimum absolute atomic E-state index is 0.144. The maximum absolute atomic E-state index is 12.0. The molecule has 1 saturated heterocycles. The smallest absolute Gasteiger partial charge is 0.233 e. The van der Waals surface area contributed by atoms with Gasteiger partial charge in [-0.1, -0.05) is 19.1 Å². The fourth-order valence-corrected chi connectivity index (χ4v) is 3.09. The molecule has 0 bridgehead atoms. The van der Waals surface area contributed by atoms with Gasteiger partial charge < -0.3 is 10.6 Å². The topological polar surface area (TPSA) is 61.4 Å².